The van der Waals surface area contributed by atoms with Crippen LogP contribution in [0.3, 0.4) is 0 Å². The van der Waals surface area contributed by atoms with E-state index in [-0.39, 0.29) is 11.3 Å². The van der Waals surface area contributed by atoms with Gasteiger partial charge in [-0.05, 0) is 37.6 Å². The van der Waals surface area contributed by atoms with Crippen molar-refractivity contribution >= 4 is 11.6 Å². The van der Waals surface area contributed by atoms with E-state index in [1.165, 1.54) is 11.3 Å². The Morgan fingerprint density at radius 1 is 1.37 bits per heavy atom. The number of hydrogen-bond donors (Lipinski definition) is 2. The fourth-order valence-corrected chi connectivity index (χ4v) is 3.33. The van der Waals surface area contributed by atoms with E-state index in [2.05, 4.69) is 39.8 Å². The molecule has 2 N–H and O–H groups in total. The number of likely N-dealkylation sites (tertiary alicyclic amines) is 1. The highest BCUT2D eigenvalue weighted by Crippen LogP contribution is 2.43. The number of nitrogens with one attached hydrogen (secondary N) is 2. The van der Waals surface area contributed by atoms with E-state index in [1.54, 1.807) is 7.05 Å². The number of rotatable bonds is 2. The molecule has 2 aliphatic heterocycles. The van der Waals surface area contributed by atoms with Gasteiger partial charge in [-0.15, -0.1) is 0 Å². The predicted molar refractivity (Wildman–Crippen MR) is 76.4 cm³/mol. The topological polar surface area (TPSA) is 44.4 Å². The molecule has 1 aromatic rings. The minimum absolute atomic E-state index is 0.112. The maximum Gasteiger partial charge on any atom is 0.233 e. The van der Waals surface area contributed by atoms with Crippen LogP contribution >= 0.6 is 0 Å². The van der Waals surface area contributed by atoms with Crippen molar-refractivity contribution in [1.29, 1.82) is 0 Å². The van der Waals surface area contributed by atoms with Gasteiger partial charge in [-0.3, -0.25) is 9.69 Å². The van der Waals surface area contributed by atoms with Gasteiger partial charge in [0.05, 0.1) is 6.54 Å². The van der Waals surface area contributed by atoms with Gasteiger partial charge in [0.2, 0.25) is 5.91 Å². The summed E-state index contributed by atoms with van der Waals surface area (Å²) in [7, 11) is 1.70. The molecule has 0 radical (unpaired) electrons. The molecule has 4 nitrogen and oxygen atoms in total. The first kappa shape index (κ1) is 12.5. The molecule has 1 spiro atoms. The molecule has 0 bridgehead atoms. The van der Waals surface area contributed by atoms with Gasteiger partial charge in [-0.25, -0.2) is 0 Å². The molecule has 2 heterocycles. The number of nitrogens with zero attached hydrogens (tertiary/aromatic N) is 1. The summed E-state index contributed by atoms with van der Waals surface area (Å²) in [6.07, 6.45) is 2.27. The van der Waals surface area contributed by atoms with Crippen LogP contribution < -0.4 is 10.6 Å². The number of piperidine rings is 1. The van der Waals surface area contributed by atoms with E-state index in [0.29, 0.717) is 6.54 Å². The Kier molecular flexibility index (Phi) is 3.19. The van der Waals surface area contributed by atoms with Gasteiger partial charge in [0.1, 0.15) is 0 Å². The molecule has 19 heavy (non-hydrogen) atoms. The molecular weight excluding hydrogens is 238 g/mol. The number of anilines is 1. The van der Waals surface area contributed by atoms with Crippen LogP contribution in [-0.2, 0) is 10.2 Å². The molecule has 4 heteroatoms. The molecule has 0 aromatic heterocycles. The molecule has 0 aliphatic carbocycles. The first-order valence-electron chi connectivity index (χ1n) is 7.00. The fraction of sp³-hybridized carbons (Fsp3) is 0.533. The van der Waals surface area contributed by atoms with Crippen molar-refractivity contribution in [2.24, 2.45) is 0 Å². The smallest absolute Gasteiger partial charge is 0.233 e. The van der Waals surface area contributed by atoms with E-state index in [9.17, 15) is 4.79 Å². The van der Waals surface area contributed by atoms with Crippen LogP contribution in [0.15, 0.2) is 24.3 Å². The second-order valence-electron chi connectivity index (χ2n) is 5.63. The molecule has 0 atom stereocenters. The van der Waals surface area contributed by atoms with E-state index in [4.69, 9.17) is 0 Å². The first-order valence-corrected chi connectivity index (χ1v) is 7.00. The van der Waals surface area contributed by atoms with Crippen LogP contribution in [0.5, 0.6) is 0 Å². The standard InChI is InChI=1S/C15H21N3O/c1-16-14(19)10-18-8-6-15(7-9-18)11-17-13-5-3-2-4-12(13)15/h2-5,17H,6-11H2,1H3,(H,16,19). The number of carbonyl (C=O) groups is 1. The lowest BCUT2D eigenvalue weighted by Crippen LogP contribution is -2.46. The van der Waals surface area contributed by atoms with Crippen molar-refractivity contribution in [2.75, 3.05) is 38.5 Å². The normalized spacial score (nSPS) is 20.9. The molecule has 2 aliphatic rings. The van der Waals surface area contributed by atoms with Gasteiger partial charge >= 0.3 is 0 Å². The number of hydrogen-bond acceptors (Lipinski definition) is 3. The third-order valence-corrected chi connectivity index (χ3v) is 4.57. The second kappa shape index (κ2) is 4.85. The van der Waals surface area contributed by atoms with Gasteiger partial charge in [-0.1, -0.05) is 18.2 Å². The van der Waals surface area contributed by atoms with Crippen molar-refractivity contribution in [3.63, 3.8) is 0 Å². The second-order valence-corrected chi connectivity index (χ2v) is 5.63. The number of para-hydroxylation sites is 1. The Morgan fingerprint density at radius 3 is 2.84 bits per heavy atom. The quantitative estimate of drug-likeness (QED) is 0.838. The maximum atomic E-state index is 11.4. The third kappa shape index (κ3) is 2.21. The average molecular weight is 259 g/mol. The zero-order valence-electron chi connectivity index (χ0n) is 11.4. The first-order chi connectivity index (χ1) is 9.23. The maximum absolute atomic E-state index is 11.4. The highest BCUT2D eigenvalue weighted by molar-refractivity contribution is 5.77. The van der Waals surface area contributed by atoms with Crippen molar-refractivity contribution in [3.05, 3.63) is 29.8 Å². The summed E-state index contributed by atoms with van der Waals surface area (Å²) in [6.45, 7) is 3.58. The van der Waals surface area contributed by atoms with E-state index in [1.807, 2.05) is 0 Å². The summed E-state index contributed by atoms with van der Waals surface area (Å²) in [6, 6.07) is 8.64. The van der Waals surface area contributed by atoms with Crippen molar-refractivity contribution in [1.82, 2.24) is 10.2 Å². The lowest BCUT2D eigenvalue weighted by atomic mass is 9.74. The number of fused-ring (bicyclic) bond motifs is 2. The Bertz CT molecular complexity index is 478. The van der Waals surface area contributed by atoms with E-state index in [0.717, 1.165) is 32.5 Å². The fourth-order valence-electron chi connectivity index (χ4n) is 3.33. The monoisotopic (exact) mass is 259 g/mol. The molecule has 1 fully saturated rings. The Labute approximate surface area is 114 Å². The van der Waals surface area contributed by atoms with Gasteiger partial charge in [-0.2, -0.15) is 0 Å². The lowest BCUT2D eigenvalue weighted by Gasteiger charge is -2.39. The molecule has 1 aromatic carbocycles. The lowest BCUT2D eigenvalue weighted by molar-refractivity contribution is -0.122. The van der Waals surface area contributed by atoms with Gasteiger partial charge in [0.25, 0.3) is 0 Å². The highest BCUT2D eigenvalue weighted by atomic mass is 16.1. The SMILES string of the molecule is CNC(=O)CN1CCC2(CC1)CNc1ccccc12. The molecule has 0 unspecified atom stereocenters. The van der Waals surface area contributed by atoms with Crippen LogP contribution in [0, 0.1) is 0 Å². The molecule has 102 valence electrons. The van der Waals surface area contributed by atoms with Crippen LogP contribution in [-0.4, -0.2) is 44.0 Å². The van der Waals surface area contributed by atoms with Crippen LogP contribution in [0.25, 0.3) is 0 Å². The van der Waals surface area contributed by atoms with Gasteiger partial charge in [0.15, 0.2) is 0 Å². The van der Waals surface area contributed by atoms with Crippen molar-refractivity contribution in [2.45, 2.75) is 18.3 Å². The zero-order chi connectivity index (χ0) is 13.3. The number of amides is 1. The average Bonchev–Trinajstić information content (AvgIpc) is 2.81. The molecular formula is C15H21N3O. The number of benzene rings is 1. The summed E-state index contributed by atoms with van der Waals surface area (Å²) in [5.74, 6) is 0.112. The van der Waals surface area contributed by atoms with Crippen molar-refractivity contribution in [3.8, 4) is 0 Å². The van der Waals surface area contributed by atoms with Crippen LogP contribution in [0.2, 0.25) is 0 Å². The number of carbonyl (C=O) groups excluding carboxylic acids is 1. The Morgan fingerprint density at radius 2 is 2.11 bits per heavy atom. The summed E-state index contributed by atoms with van der Waals surface area (Å²) in [5.41, 5.74) is 3.05. The summed E-state index contributed by atoms with van der Waals surface area (Å²) >= 11 is 0. The minimum atomic E-state index is 0.112. The Balaban J connectivity index is 1.69. The Hall–Kier alpha value is -1.55. The highest BCUT2D eigenvalue weighted by Gasteiger charge is 2.41. The van der Waals surface area contributed by atoms with Gasteiger partial charge in [0, 0.05) is 24.7 Å². The van der Waals surface area contributed by atoms with Crippen LogP contribution in [0.1, 0.15) is 18.4 Å². The summed E-state index contributed by atoms with van der Waals surface area (Å²) in [4.78, 5) is 13.7. The minimum Gasteiger partial charge on any atom is -0.384 e. The van der Waals surface area contributed by atoms with Crippen molar-refractivity contribution < 1.29 is 4.79 Å². The third-order valence-electron chi connectivity index (χ3n) is 4.57. The summed E-state index contributed by atoms with van der Waals surface area (Å²) < 4.78 is 0. The number of likely N-dealkylation sites (N-methyl/N-ethyl adjacent to an activating group) is 1. The van der Waals surface area contributed by atoms with E-state index >= 15 is 0 Å². The molecule has 0 saturated carbocycles. The predicted octanol–water partition coefficient (Wildman–Crippen LogP) is 1.19. The van der Waals surface area contributed by atoms with Gasteiger partial charge < -0.3 is 10.6 Å². The largest absolute Gasteiger partial charge is 0.384 e. The zero-order valence-corrected chi connectivity index (χ0v) is 11.4. The summed E-state index contributed by atoms with van der Waals surface area (Å²) in [5, 5.41) is 6.23. The molecule has 1 saturated heterocycles. The van der Waals surface area contributed by atoms with Crippen LogP contribution in [0.4, 0.5) is 5.69 Å². The molecule has 3 rings (SSSR count). The van der Waals surface area contributed by atoms with E-state index < -0.39 is 0 Å². The molecule has 1 amide bonds.